The Balaban J connectivity index is 2.03. The second-order valence-electron chi connectivity index (χ2n) is 5.08. The van der Waals surface area contributed by atoms with Gasteiger partial charge in [-0.3, -0.25) is 4.79 Å². The Morgan fingerprint density at radius 2 is 1.65 bits per heavy atom. The van der Waals surface area contributed by atoms with Gasteiger partial charge in [0.05, 0.1) is 0 Å². The van der Waals surface area contributed by atoms with Crippen molar-refractivity contribution in [3.05, 3.63) is 0 Å². The molecule has 0 aliphatic heterocycles. The van der Waals surface area contributed by atoms with E-state index in [0.717, 1.165) is 31.1 Å². The number of rotatable bonds is 7. The van der Waals surface area contributed by atoms with E-state index >= 15 is 0 Å². The van der Waals surface area contributed by atoms with Gasteiger partial charge >= 0.3 is 0 Å². The maximum absolute atomic E-state index is 11.9. The molecule has 0 bridgehead atoms. The van der Waals surface area contributed by atoms with Gasteiger partial charge in [0.15, 0.2) is 0 Å². The van der Waals surface area contributed by atoms with Crippen molar-refractivity contribution in [3.63, 3.8) is 0 Å². The van der Waals surface area contributed by atoms with Crippen LogP contribution in [0.4, 0.5) is 0 Å². The predicted molar refractivity (Wildman–Crippen MR) is 76.5 cm³/mol. The molecule has 1 fully saturated rings. The summed E-state index contributed by atoms with van der Waals surface area (Å²) >= 11 is 3.43. The fourth-order valence-corrected chi connectivity index (χ4v) is 2.87. The van der Waals surface area contributed by atoms with Crippen LogP contribution in [0.25, 0.3) is 0 Å². The topological polar surface area (TPSA) is 29.1 Å². The lowest BCUT2D eigenvalue weighted by molar-refractivity contribution is -0.125. The molecule has 1 rings (SSSR count). The Morgan fingerprint density at radius 1 is 1.00 bits per heavy atom. The van der Waals surface area contributed by atoms with Crippen molar-refractivity contribution in [1.29, 1.82) is 0 Å². The van der Waals surface area contributed by atoms with E-state index in [4.69, 9.17) is 0 Å². The summed E-state index contributed by atoms with van der Waals surface area (Å²) in [7, 11) is 0. The number of carbonyl (C=O) groups excluding carboxylic acids is 1. The Hall–Kier alpha value is -0.0500. The third kappa shape index (κ3) is 7.07. The Bertz CT molecular complexity index is 200. The van der Waals surface area contributed by atoms with Crippen molar-refractivity contribution in [2.45, 2.75) is 64.2 Å². The molecule has 0 unspecified atom stereocenters. The van der Waals surface area contributed by atoms with Crippen LogP contribution in [-0.4, -0.2) is 17.8 Å². The Labute approximate surface area is 114 Å². The van der Waals surface area contributed by atoms with Crippen LogP contribution < -0.4 is 5.32 Å². The quantitative estimate of drug-likeness (QED) is 0.429. The molecule has 0 aromatic carbocycles. The van der Waals surface area contributed by atoms with Crippen molar-refractivity contribution in [2.75, 3.05) is 11.9 Å². The molecule has 0 spiro atoms. The van der Waals surface area contributed by atoms with Crippen molar-refractivity contribution in [3.8, 4) is 0 Å². The minimum atomic E-state index is 0.306. The largest absolute Gasteiger partial charge is 0.356 e. The lowest BCUT2D eigenvalue weighted by Crippen LogP contribution is -2.31. The average Bonchev–Trinajstić information content (AvgIpc) is 2.62. The van der Waals surface area contributed by atoms with Crippen LogP contribution in [0.3, 0.4) is 0 Å². The SMILES string of the molecule is O=C(NCCCCCCBr)C1CCCCCC1. The monoisotopic (exact) mass is 303 g/mol. The number of hydrogen-bond donors (Lipinski definition) is 1. The van der Waals surface area contributed by atoms with Gasteiger partial charge in [0.25, 0.3) is 0 Å². The summed E-state index contributed by atoms with van der Waals surface area (Å²) in [5.41, 5.74) is 0. The van der Waals surface area contributed by atoms with Crippen molar-refractivity contribution in [1.82, 2.24) is 5.32 Å². The summed E-state index contributed by atoms with van der Waals surface area (Å²) in [5.74, 6) is 0.618. The van der Waals surface area contributed by atoms with E-state index in [-0.39, 0.29) is 0 Å². The number of carbonyl (C=O) groups is 1. The molecule has 3 heteroatoms. The molecule has 0 atom stereocenters. The number of nitrogens with one attached hydrogen (secondary N) is 1. The number of halogens is 1. The highest BCUT2D eigenvalue weighted by Gasteiger charge is 2.19. The molecule has 0 heterocycles. The summed E-state index contributed by atoms with van der Waals surface area (Å²) in [6.07, 6.45) is 12.2. The van der Waals surface area contributed by atoms with Crippen molar-refractivity contribution in [2.24, 2.45) is 5.92 Å². The molecule has 1 amide bonds. The van der Waals surface area contributed by atoms with Gasteiger partial charge in [-0.25, -0.2) is 0 Å². The predicted octanol–water partition coefficient (Wildman–Crippen LogP) is 4.03. The molecule has 0 aromatic heterocycles. The van der Waals surface area contributed by atoms with Gasteiger partial charge in [-0.1, -0.05) is 54.5 Å². The van der Waals surface area contributed by atoms with Crippen LogP contribution in [0.15, 0.2) is 0 Å². The fraction of sp³-hybridized carbons (Fsp3) is 0.929. The van der Waals surface area contributed by atoms with E-state index in [2.05, 4.69) is 21.2 Å². The van der Waals surface area contributed by atoms with Gasteiger partial charge in [-0.05, 0) is 25.7 Å². The van der Waals surface area contributed by atoms with Crippen molar-refractivity contribution >= 4 is 21.8 Å². The smallest absolute Gasteiger partial charge is 0.223 e. The van der Waals surface area contributed by atoms with Gasteiger partial charge in [0.2, 0.25) is 5.91 Å². The summed E-state index contributed by atoms with van der Waals surface area (Å²) in [6, 6.07) is 0. The van der Waals surface area contributed by atoms with Crippen LogP contribution in [0, 0.1) is 5.92 Å². The molecule has 1 saturated carbocycles. The lowest BCUT2D eigenvalue weighted by Gasteiger charge is -2.13. The number of unbranched alkanes of at least 4 members (excludes halogenated alkanes) is 3. The molecule has 0 radical (unpaired) electrons. The van der Waals surface area contributed by atoms with Crippen LogP contribution in [0.5, 0.6) is 0 Å². The highest BCUT2D eigenvalue weighted by molar-refractivity contribution is 9.09. The zero-order valence-electron chi connectivity index (χ0n) is 10.8. The van der Waals surface area contributed by atoms with Gasteiger partial charge in [0, 0.05) is 17.8 Å². The first kappa shape index (κ1) is 15.0. The van der Waals surface area contributed by atoms with E-state index in [0.29, 0.717) is 11.8 Å². The lowest BCUT2D eigenvalue weighted by atomic mass is 9.99. The van der Waals surface area contributed by atoms with Gasteiger partial charge in [0.1, 0.15) is 0 Å². The number of alkyl halides is 1. The first-order chi connectivity index (χ1) is 8.34. The van der Waals surface area contributed by atoms with E-state index in [1.54, 1.807) is 0 Å². The first-order valence-electron chi connectivity index (χ1n) is 7.18. The van der Waals surface area contributed by atoms with Crippen LogP contribution in [0.1, 0.15) is 64.2 Å². The average molecular weight is 304 g/mol. The Kier molecular flexibility index (Phi) is 8.76. The molecule has 1 aliphatic carbocycles. The zero-order valence-corrected chi connectivity index (χ0v) is 12.4. The molecular weight excluding hydrogens is 278 g/mol. The highest BCUT2D eigenvalue weighted by atomic mass is 79.9. The van der Waals surface area contributed by atoms with E-state index in [9.17, 15) is 4.79 Å². The second kappa shape index (κ2) is 9.93. The maximum Gasteiger partial charge on any atom is 0.223 e. The summed E-state index contributed by atoms with van der Waals surface area (Å²) in [5, 5.41) is 4.21. The van der Waals surface area contributed by atoms with Crippen molar-refractivity contribution < 1.29 is 4.79 Å². The first-order valence-corrected chi connectivity index (χ1v) is 8.30. The third-order valence-corrected chi connectivity index (χ3v) is 4.15. The molecule has 0 saturated heterocycles. The summed E-state index contributed by atoms with van der Waals surface area (Å²) in [6.45, 7) is 0.873. The number of amides is 1. The standard InChI is InChI=1S/C14H26BrNO/c15-11-7-3-4-8-12-16-14(17)13-9-5-1-2-6-10-13/h13H,1-12H2,(H,16,17). The van der Waals surface area contributed by atoms with Crippen LogP contribution in [0.2, 0.25) is 0 Å². The van der Waals surface area contributed by atoms with E-state index in [1.807, 2.05) is 0 Å². The minimum Gasteiger partial charge on any atom is -0.356 e. The summed E-state index contributed by atoms with van der Waals surface area (Å²) in [4.78, 5) is 11.9. The van der Waals surface area contributed by atoms with Crippen LogP contribution in [-0.2, 0) is 4.79 Å². The van der Waals surface area contributed by atoms with E-state index < -0.39 is 0 Å². The van der Waals surface area contributed by atoms with Gasteiger partial charge in [-0.15, -0.1) is 0 Å². The third-order valence-electron chi connectivity index (χ3n) is 3.59. The minimum absolute atomic E-state index is 0.306. The second-order valence-corrected chi connectivity index (χ2v) is 5.88. The van der Waals surface area contributed by atoms with Gasteiger partial charge < -0.3 is 5.32 Å². The fourth-order valence-electron chi connectivity index (χ4n) is 2.47. The number of hydrogen-bond acceptors (Lipinski definition) is 1. The molecule has 1 aliphatic rings. The molecule has 0 aromatic rings. The van der Waals surface area contributed by atoms with Crippen LogP contribution >= 0.6 is 15.9 Å². The zero-order chi connectivity index (χ0) is 12.3. The van der Waals surface area contributed by atoms with Gasteiger partial charge in [-0.2, -0.15) is 0 Å². The normalized spacial score (nSPS) is 17.7. The highest BCUT2D eigenvalue weighted by Crippen LogP contribution is 2.22. The molecule has 17 heavy (non-hydrogen) atoms. The Morgan fingerprint density at radius 3 is 2.29 bits per heavy atom. The molecular formula is C14H26BrNO. The molecule has 100 valence electrons. The summed E-state index contributed by atoms with van der Waals surface area (Å²) < 4.78 is 0. The molecule has 1 N–H and O–H groups in total. The molecule has 2 nitrogen and oxygen atoms in total. The van der Waals surface area contributed by atoms with E-state index in [1.165, 1.54) is 44.9 Å². The maximum atomic E-state index is 11.9.